The summed E-state index contributed by atoms with van der Waals surface area (Å²) in [7, 11) is 0. The molecule has 0 aromatic rings. The first kappa shape index (κ1) is 24.4. The lowest BCUT2D eigenvalue weighted by Crippen LogP contribution is -2.37. The minimum atomic E-state index is -1.72. The number of rotatable bonds is 7. The Morgan fingerprint density at radius 1 is 1.20 bits per heavy atom. The Morgan fingerprint density at radius 2 is 1.88 bits per heavy atom. The molecular weight excluding hydrogens is 339 g/mol. The van der Waals surface area contributed by atoms with Crippen LogP contribution in [-0.2, 0) is 8.98 Å². The highest BCUT2D eigenvalue weighted by Gasteiger charge is 2.50. The second-order valence-electron chi connectivity index (χ2n) is 6.64. The number of Topliss-reactive ketones (excluding diaryl/α,β-unsaturated/α-hetero) is 1. The second-order valence-corrected chi connectivity index (χ2v) is 7.46. The third kappa shape index (κ3) is 7.67. The average Bonchev–Trinajstić information content (AvgIpc) is 2.95. The van der Waals surface area contributed by atoms with E-state index in [0.717, 1.165) is 50.6 Å². The van der Waals surface area contributed by atoms with E-state index in [1.165, 1.54) is 19.3 Å². The van der Waals surface area contributed by atoms with Crippen LogP contribution in [0.15, 0.2) is 0 Å². The van der Waals surface area contributed by atoms with Gasteiger partial charge in [-0.05, 0) is 49.9 Å². The van der Waals surface area contributed by atoms with Crippen molar-refractivity contribution < 1.29 is 18.2 Å². The van der Waals surface area contributed by atoms with Crippen LogP contribution >= 0.6 is 12.0 Å². The maximum atomic E-state index is 12.1. The smallest absolute Gasteiger partial charge is 0.366 e. The van der Waals surface area contributed by atoms with E-state index in [0.29, 0.717) is 23.4 Å². The molecule has 0 aliphatic heterocycles. The molecule has 2 aliphatic carbocycles. The van der Waals surface area contributed by atoms with Crippen LogP contribution < -0.4 is 0 Å². The van der Waals surface area contributed by atoms with E-state index < -0.39 is 6.22 Å². The van der Waals surface area contributed by atoms with Gasteiger partial charge in [-0.2, -0.15) is 0 Å². The van der Waals surface area contributed by atoms with E-state index in [2.05, 4.69) is 11.1 Å². The van der Waals surface area contributed by atoms with Gasteiger partial charge in [-0.15, -0.1) is 4.39 Å². The molecule has 0 spiro atoms. The van der Waals surface area contributed by atoms with E-state index in [9.17, 15) is 14.0 Å². The Bertz CT molecular complexity index is 389. The third-order valence-corrected chi connectivity index (χ3v) is 6.17. The molecule has 3 atom stereocenters. The standard InChI is InChI=1S/C16H25FO3S.2C2H6/c1-16-10-5-7-14(18)13(16)9-8-12(16)6-3-2-4-11-21-20-15(17)19;2*1-2/h12-13H,2-11H2,1H3;2*1-2H3/t12?,13-,16?;;/m0../s1. The number of halogens is 1. The molecule has 0 bridgehead atoms. The Hall–Kier alpha value is -0.580. The van der Waals surface area contributed by atoms with Crippen molar-refractivity contribution in [2.45, 2.75) is 92.4 Å². The van der Waals surface area contributed by atoms with Gasteiger partial charge in [0, 0.05) is 18.1 Å². The molecule has 25 heavy (non-hydrogen) atoms. The van der Waals surface area contributed by atoms with Gasteiger partial charge in [0.1, 0.15) is 5.78 Å². The van der Waals surface area contributed by atoms with Gasteiger partial charge in [0.05, 0.1) is 12.0 Å². The summed E-state index contributed by atoms with van der Waals surface area (Å²) < 4.78 is 16.0. The predicted octanol–water partition coefficient (Wildman–Crippen LogP) is 7.14. The van der Waals surface area contributed by atoms with Gasteiger partial charge in [0.25, 0.3) is 0 Å². The number of unbranched alkanes of at least 4 members (excludes halogenated alkanes) is 2. The fraction of sp³-hybridized carbons (Fsp3) is 0.900. The molecule has 2 aliphatic rings. The Balaban J connectivity index is 0.00000134. The van der Waals surface area contributed by atoms with E-state index in [4.69, 9.17) is 0 Å². The maximum Gasteiger partial charge on any atom is 0.507 e. The van der Waals surface area contributed by atoms with E-state index in [-0.39, 0.29) is 5.41 Å². The van der Waals surface area contributed by atoms with Gasteiger partial charge in [-0.3, -0.25) is 4.79 Å². The Kier molecular flexibility index (Phi) is 13.3. The Morgan fingerprint density at radius 3 is 2.52 bits per heavy atom. The lowest BCUT2D eigenvalue weighted by Gasteiger charge is -2.40. The first-order valence-corrected chi connectivity index (χ1v) is 11.0. The number of hydrogen-bond donors (Lipinski definition) is 0. The fourth-order valence-corrected chi connectivity index (χ4v) is 4.83. The van der Waals surface area contributed by atoms with Gasteiger partial charge in [0.2, 0.25) is 0 Å². The maximum absolute atomic E-state index is 12.1. The van der Waals surface area contributed by atoms with Crippen molar-refractivity contribution in [3.05, 3.63) is 0 Å². The molecule has 2 rings (SSSR count). The zero-order chi connectivity index (χ0) is 19.3. The van der Waals surface area contributed by atoms with Crippen LogP contribution in [0.25, 0.3) is 0 Å². The molecule has 0 saturated heterocycles. The molecule has 5 heteroatoms. The van der Waals surface area contributed by atoms with Crippen LogP contribution in [0.2, 0.25) is 0 Å². The molecule has 2 unspecified atom stereocenters. The molecule has 2 fully saturated rings. The topological polar surface area (TPSA) is 43.4 Å². The van der Waals surface area contributed by atoms with Gasteiger partial charge >= 0.3 is 6.22 Å². The van der Waals surface area contributed by atoms with Crippen molar-refractivity contribution in [2.24, 2.45) is 17.3 Å². The summed E-state index contributed by atoms with van der Waals surface area (Å²) in [6.07, 6.45) is 7.96. The van der Waals surface area contributed by atoms with Crippen molar-refractivity contribution in [1.82, 2.24) is 0 Å². The van der Waals surface area contributed by atoms with Crippen LogP contribution in [-0.4, -0.2) is 17.8 Å². The zero-order valence-electron chi connectivity index (χ0n) is 16.7. The fourth-order valence-electron chi connectivity index (χ4n) is 4.33. The van der Waals surface area contributed by atoms with Crippen molar-refractivity contribution in [1.29, 1.82) is 0 Å². The van der Waals surface area contributed by atoms with Crippen LogP contribution in [0.4, 0.5) is 9.18 Å². The highest BCUT2D eigenvalue weighted by molar-refractivity contribution is 7.95. The summed E-state index contributed by atoms with van der Waals surface area (Å²) in [6.45, 7) is 10.3. The molecule has 0 N–H and O–H groups in total. The highest BCUT2D eigenvalue weighted by atomic mass is 32.2. The summed E-state index contributed by atoms with van der Waals surface area (Å²) >= 11 is 0.893. The van der Waals surface area contributed by atoms with Crippen molar-refractivity contribution >= 4 is 24.0 Å². The zero-order valence-corrected chi connectivity index (χ0v) is 17.6. The monoisotopic (exact) mass is 376 g/mol. The van der Waals surface area contributed by atoms with E-state index >= 15 is 0 Å². The van der Waals surface area contributed by atoms with Gasteiger partial charge in [-0.25, -0.2) is 4.79 Å². The van der Waals surface area contributed by atoms with Crippen molar-refractivity contribution in [3.63, 3.8) is 0 Å². The van der Waals surface area contributed by atoms with E-state index in [1.54, 1.807) is 0 Å². The largest absolute Gasteiger partial charge is 0.507 e. The minimum absolute atomic E-state index is 0.244. The number of hydrogen-bond acceptors (Lipinski definition) is 4. The normalized spacial score (nSPS) is 27.4. The molecule has 148 valence electrons. The first-order chi connectivity index (χ1) is 12.0. The number of carbonyl (C=O) groups excluding carboxylic acids is 2. The molecule has 3 nitrogen and oxygen atoms in total. The van der Waals surface area contributed by atoms with Crippen molar-refractivity contribution in [2.75, 3.05) is 5.75 Å². The van der Waals surface area contributed by atoms with Crippen LogP contribution in [0.5, 0.6) is 0 Å². The van der Waals surface area contributed by atoms with E-state index in [1.807, 2.05) is 27.7 Å². The van der Waals surface area contributed by atoms with Gasteiger partial charge in [0.15, 0.2) is 0 Å². The van der Waals surface area contributed by atoms with Crippen LogP contribution in [0.3, 0.4) is 0 Å². The third-order valence-electron chi connectivity index (χ3n) is 5.46. The molecule has 0 radical (unpaired) electrons. The molecular formula is C20H37FO3S. The van der Waals surface area contributed by atoms with Crippen LogP contribution in [0, 0.1) is 17.3 Å². The molecule has 2 saturated carbocycles. The molecule has 0 aromatic carbocycles. The predicted molar refractivity (Wildman–Crippen MR) is 104 cm³/mol. The second kappa shape index (κ2) is 13.6. The van der Waals surface area contributed by atoms with Gasteiger partial charge in [-0.1, -0.05) is 47.5 Å². The lowest BCUT2D eigenvalue weighted by molar-refractivity contribution is -0.129. The number of ketones is 1. The summed E-state index contributed by atoms with van der Waals surface area (Å²) in [5.74, 6) is 2.15. The minimum Gasteiger partial charge on any atom is -0.366 e. The Labute approximate surface area is 158 Å². The number of carbonyl (C=O) groups is 2. The summed E-state index contributed by atoms with van der Waals surface area (Å²) in [4.78, 5) is 22.0. The van der Waals surface area contributed by atoms with Crippen molar-refractivity contribution in [3.8, 4) is 0 Å². The quantitative estimate of drug-likeness (QED) is 0.269. The molecule has 0 aromatic heterocycles. The lowest BCUT2D eigenvalue weighted by atomic mass is 9.64. The summed E-state index contributed by atoms with van der Waals surface area (Å²) in [5.41, 5.74) is 0.244. The number of fused-ring (bicyclic) bond motifs is 1. The summed E-state index contributed by atoms with van der Waals surface area (Å²) in [6, 6.07) is 0. The van der Waals surface area contributed by atoms with Gasteiger partial charge < -0.3 is 4.18 Å². The SMILES string of the molecule is CC.CC.CC12CCCC(=O)[C@@H]1CCC2CCCCCSOC(=O)F. The van der Waals surface area contributed by atoms with Crippen LogP contribution in [0.1, 0.15) is 92.4 Å². The highest BCUT2D eigenvalue weighted by Crippen LogP contribution is 2.55. The molecule has 0 heterocycles. The average molecular weight is 377 g/mol. The summed E-state index contributed by atoms with van der Waals surface area (Å²) in [5, 5.41) is 0. The molecule has 0 amide bonds. The first-order valence-electron chi connectivity index (χ1n) is 10.1.